The molecule has 0 spiro atoms. The highest BCUT2D eigenvalue weighted by Gasteiger charge is 1.97. The summed E-state index contributed by atoms with van der Waals surface area (Å²) < 4.78 is 5.51. The van der Waals surface area contributed by atoms with Gasteiger partial charge in [0.15, 0.2) is 0 Å². The predicted octanol–water partition coefficient (Wildman–Crippen LogP) is 2.10. The van der Waals surface area contributed by atoms with E-state index in [1.807, 2.05) is 23.9 Å². The molecule has 0 amide bonds. The Hall–Kier alpha value is -1.16. The zero-order chi connectivity index (χ0) is 11.1. The monoisotopic (exact) mass is 224 g/mol. The zero-order valence-corrected chi connectivity index (χ0v) is 9.64. The van der Waals surface area contributed by atoms with Gasteiger partial charge in [-0.3, -0.25) is 5.41 Å². The van der Waals surface area contributed by atoms with Gasteiger partial charge in [-0.15, -0.1) is 0 Å². The van der Waals surface area contributed by atoms with Crippen molar-refractivity contribution < 1.29 is 4.74 Å². The minimum atomic E-state index is 0.0862. The zero-order valence-electron chi connectivity index (χ0n) is 8.82. The number of amidine groups is 1. The van der Waals surface area contributed by atoms with Crippen LogP contribution in [0.2, 0.25) is 0 Å². The van der Waals surface area contributed by atoms with Crippen LogP contribution in [0.4, 0.5) is 0 Å². The Morgan fingerprint density at radius 1 is 1.40 bits per heavy atom. The van der Waals surface area contributed by atoms with Crippen molar-refractivity contribution in [2.24, 2.45) is 5.73 Å². The quantitative estimate of drug-likeness (QED) is 0.442. The fourth-order valence-electron chi connectivity index (χ4n) is 1.09. The fraction of sp³-hybridized carbons (Fsp3) is 0.364. The first-order chi connectivity index (χ1) is 7.24. The lowest BCUT2D eigenvalue weighted by Crippen LogP contribution is -2.10. The number of nitrogen functional groups attached to an aromatic ring is 1. The average molecular weight is 224 g/mol. The van der Waals surface area contributed by atoms with Crippen molar-refractivity contribution in [3.63, 3.8) is 0 Å². The molecule has 15 heavy (non-hydrogen) atoms. The van der Waals surface area contributed by atoms with Crippen LogP contribution in [0.15, 0.2) is 24.3 Å². The highest BCUT2D eigenvalue weighted by atomic mass is 32.2. The largest absolute Gasteiger partial charge is 0.493 e. The molecule has 0 radical (unpaired) electrons. The molecule has 0 aliphatic carbocycles. The van der Waals surface area contributed by atoms with E-state index in [2.05, 4.69) is 6.92 Å². The first-order valence-electron chi connectivity index (χ1n) is 4.89. The lowest BCUT2D eigenvalue weighted by atomic mass is 10.2. The van der Waals surface area contributed by atoms with Crippen LogP contribution in [0.5, 0.6) is 5.75 Å². The normalized spacial score (nSPS) is 9.93. The number of hydrogen-bond donors (Lipinski definition) is 2. The van der Waals surface area contributed by atoms with E-state index < -0.39 is 0 Å². The average Bonchev–Trinajstić information content (AvgIpc) is 2.25. The summed E-state index contributed by atoms with van der Waals surface area (Å²) in [6.45, 7) is 2.85. The predicted molar refractivity (Wildman–Crippen MR) is 66.0 cm³/mol. The molecule has 0 unspecified atom stereocenters. The van der Waals surface area contributed by atoms with Gasteiger partial charge in [-0.25, -0.2) is 0 Å². The second-order valence-corrected chi connectivity index (χ2v) is 4.38. The first kappa shape index (κ1) is 11.9. The summed E-state index contributed by atoms with van der Waals surface area (Å²) in [5.74, 6) is 3.04. The van der Waals surface area contributed by atoms with Gasteiger partial charge in [-0.05, 0) is 30.0 Å². The van der Waals surface area contributed by atoms with Crippen LogP contribution in [0.3, 0.4) is 0 Å². The van der Waals surface area contributed by atoms with E-state index in [9.17, 15) is 0 Å². The summed E-state index contributed by atoms with van der Waals surface area (Å²) >= 11 is 1.86. The van der Waals surface area contributed by atoms with Crippen LogP contribution in [0, 0.1) is 5.41 Å². The number of benzene rings is 1. The maximum absolute atomic E-state index is 7.23. The van der Waals surface area contributed by atoms with E-state index >= 15 is 0 Å². The number of thioether (sulfide) groups is 1. The van der Waals surface area contributed by atoms with E-state index in [1.165, 1.54) is 0 Å². The lowest BCUT2D eigenvalue weighted by molar-refractivity contribution is 0.344. The molecule has 0 atom stereocenters. The van der Waals surface area contributed by atoms with Gasteiger partial charge >= 0.3 is 0 Å². The van der Waals surface area contributed by atoms with Crippen LogP contribution in [0.25, 0.3) is 0 Å². The van der Waals surface area contributed by atoms with Gasteiger partial charge in [-0.2, -0.15) is 11.8 Å². The lowest BCUT2D eigenvalue weighted by Gasteiger charge is -2.06. The summed E-state index contributed by atoms with van der Waals surface area (Å²) in [7, 11) is 0. The number of nitrogens with one attached hydrogen (secondary N) is 1. The Kier molecular flexibility index (Phi) is 5.04. The molecule has 0 saturated carbocycles. The molecule has 4 heteroatoms. The maximum atomic E-state index is 7.23. The number of nitrogens with two attached hydrogens (primary N) is 1. The topological polar surface area (TPSA) is 59.1 Å². The summed E-state index contributed by atoms with van der Waals surface area (Å²) in [6.07, 6.45) is 0. The van der Waals surface area contributed by atoms with Crippen molar-refractivity contribution in [1.29, 1.82) is 5.41 Å². The van der Waals surface area contributed by atoms with Gasteiger partial charge in [-0.1, -0.05) is 6.92 Å². The van der Waals surface area contributed by atoms with E-state index in [-0.39, 0.29) is 5.84 Å². The van der Waals surface area contributed by atoms with Crippen LogP contribution in [-0.4, -0.2) is 23.9 Å². The van der Waals surface area contributed by atoms with E-state index in [0.717, 1.165) is 29.4 Å². The number of rotatable bonds is 6. The second-order valence-electron chi connectivity index (χ2n) is 2.98. The van der Waals surface area contributed by atoms with Crippen LogP contribution < -0.4 is 10.5 Å². The highest BCUT2D eigenvalue weighted by molar-refractivity contribution is 7.99. The Morgan fingerprint density at radius 2 is 2.07 bits per heavy atom. The first-order valence-corrected chi connectivity index (χ1v) is 6.04. The molecule has 1 aromatic rings. The van der Waals surface area contributed by atoms with E-state index in [4.69, 9.17) is 15.9 Å². The molecular weight excluding hydrogens is 208 g/mol. The second kappa shape index (κ2) is 6.35. The Balaban J connectivity index is 2.39. The molecular formula is C11H16N2OS. The van der Waals surface area contributed by atoms with Crippen molar-refractivity contribution in [1.82, 2.24) is 0 Å². The van der Waals surface area contributed by atoms with Crippen molar-refractivity contribution in [2.75, 3.05) is 18.1 Å². The van der Waals surface area contributed by atoms with Gasteiger partial charge in [0.1, 0.15) is 11.6 Å². The van der Waals surface area contributed by atoms with Gasteiger partial charge in [0.05, 0.1) is 6.61 Å². The molecule has 0 aliphatic heterocycles. The minimum absolute atomic E-state index is 0.0862. The summed E-state index contributed by atoms with van der Waals surface area (Å²) in [5.41, 5.74) is 6.07. The van der Waals surface area contributed by atoms with Gasteiger partial charge < -0.3 is 10.5 Å². The molecule has 0 bridgehead atoms. The van der Waals surface area contributed by atoms with Crippen molar-refractivity contribution in [2.45, 2.75) is 6.92 Å². The van der Waals surface area contributed by atoms with Gasteiger partial charge in [0.2, 0.25) is 0 Å². The molecule has 0 heterocycles. The third-order valence-corrected chi connectivity index (χ3v) is 2.73. The fourth-order valence-corrected chi connectivity index (χ4v) is 1.58. The SMILES string of the molecule is CCSCCOc1ccc(C(=N)N)cc1. The van der Waals surface area contributed by atoms with Crippen LogP contribution in [-0.2, 0) is 0 Å². The number of ether oxygens (including phenoxy) is 1. The van der Waals surface area contributed by atoms with Crippen LogP contribution >= 0.6 is 11.8 Å². The van der Waals surface area contributed by atoms with Gasteiger partial charge in [0.25, 0.3) is 0 Å². The molecule has 82 valence electrons. The Labute approximate surface area is 94.5 Å². The molecule has 0 saturated heterocycles. The highest BCUT2D eigenvalue weighted by Crippen LogP contribution is 2.12. The molecule has 3 nitrogen and oxygen atoms in total. The molecule has 0 fully saturated rings. The molecule has 3 N–H and O–H groups in total. The molecule has 0 aliphatic rings. The van der Waals surface area contributed by atoms with Gasteiger partial charge in [0, 0.05) is 11.3 Å². The van der Waals surface area contributed by atoms with E-state index in [1.54, 1.807) is 12.1 Å². The van der Waals surface area contributed by atoms with Crippen LogP contribution in [0.1, 0.15) is 12.5 Å². The third-order valence-electron chi connectivity index (χ3n) is 1.87. The Bertz CT molecular complexity index is 311. The van der Waals surface area contributed by atoms with Crippen molar-refractivity contribution in [3.8, 4) is 5.75 Å². The standard InChI is InChI=1S/C11H16N2OS/c1-2-15-8-7-14-10-5-3-9(4-6-10)11(12)13/h3-6H,2,7-8H2,1H3,(H3,12,13). The molecule has 1 rings (SSSR count). The van der Waals surface area contributed by atoms with Crippen molar-refractivity contribution in [3.05, 3.63) is 29.8 Å². The number of hydrogen-bond acceptors (Lipinski definition) is 3. The third kappa shape index (κ3) is 4.25. The minimum Gasteiger partial charge on any atom is -0.493 e. The molecule has 0 aromatic heterocycles. The Morgan fingerprint density at radius 3 is 2.60 bits per heavy atom. The summed E-state index contributed by atoms with van der Waals surface area (Å²) in [5, 5.41) is 7.23. The maximum Gasteiger partial charge on any atom is 0.122 e. The van der Waals surface area contributed by atoms with Crippen molar-refractivity contribution >= 4 is 17.6 Å². The smallest absolute Gasteiger partial charge is 0.122 e. The summed E-state index contributed by atoms with van der Waals surface area (Å²) in [4.78, 5) is 0. The summed E-state index contributed by atoms with van der Waals surface area (Å²) in [6, 6.07) is 7.27. The molecule has 1 aromatic carbocycles. The van der Waals surface area contributed by atoms with E-state index in [0.29, 0.717) is 0 Å².